The van der Waals surface area contributed by atoms with Gasteiger partial charge in [-0.1, -0.05) is 55.8 Å². The molecule has 4 N–H and O–H groups in total. The summed E-state index contributed by atoms with van der Waals surface area (Å²) in [6.07, 6.45) is 1.45. The average Bonchev–Trinajstić information content (AvgIpc) is 2.88. The fourth-order valence-corrected chi connectivity index (χ4v) is 4.95. The van der Waals surface area contributed by atoms with Gasteiger partial charge in [0.25, 0.3) is 0 Å². The van der Waals surface area contributed by atoms with E-state index in [1.54, 1.807) is 7.11 Å². The zero-order chi connectivity index (χ0) is 28.0. The molecule has 7 heteroatoms. The van der Waals surface area contributed by atoms with E-state index in [2.05, 4.69) is 57.2 Å². The van der Waals surface area contributed by atoms with Crippen LogP contribution in [0.15, 0.2) is 48.5 Å². The third-order valence-electron chi connectivity index (χ3n) is 7.28. The quantitative estimate of drug-likeness (QED) is 0.220. The van der Waals surface area contributed by atoms with E-state index >= 15 is 0 Å². The number of aliphatic hydroxyl groups excluding tert-OH is 4. The molecule has 7 nitrogen and oxygen atoms in total. The molecule has 0 saturated heterocycles. The summed E-state index contributed by atoms with van der Waals surface area (Å²) in [7, 11) is 1.57. The van der Waals surface area contributed by atoms with E-state index in [9.17, 15) is 20.4 Å². The van der Waals surface area contributed by atoms with Crippen LogP contribution < -0.4 is 4.74 Å². The predicted molar refractivity (Wildman–Crippen MR) is 152 cm³/mol. The Labute approximate surface area is 229 Å². The molecule has 3 atom stereocenters. The zero-order valence-electron chi connectivity index (χ0n) is 23.7. The van der Waals surface area contributed by atoms with Crippen LogP contribution in [0.5, 0.6) is 5.75 Å². The maximum atomic E-state index is 10.7. The van der Waals surface area contributed by atoms with Crippen molar-refractivity contribution >= 4 is 0 Å². The van der Waals surface area contributed by atoms with Crippen molar-refractivity contribution in [2.24, 2.45) is 5.92 Å². The third kappa shape index (κ3) is 11.0. The smallest absolute Gasteiger partial charge is 0.119 e. The van der Waals surface area contributed by atoms with Gasteiger partial charge in [-0.3, -0.25) is 4.90 Å². The maximum absolute atomic E-state index is 10.7. The van der Waals surface area contributed by atoms with Crippen molar-refractivity contribution in [1.29, 1.82) is 0 Å². The van der Waals surface area contributed by atoms with Gasteiger partial charge in [-0.15, -0.1) is 0 Å². The van der Waals surface area contributed by atoms with Crippen LogP contribution in [0.4, 0.5) is 0 Å². The first-order chi connectivity index (χ1) is 18.2. The number of methoxy groups -OCH3 is 1. The van der Waals surface area contributed by atoms with Crippen molar-refractivity contribution in [3.63, 3.8) is 0 Å². The van der Waals surface area contributed by atoms with Crippen molar-refractivity contribution in [3.05, 3.63) is 65.2 Å². The lowest BCUT2D eigenvalue weighted by atomic mass is 9.78. The van der Waals surface area contributed by atoms with Gasteiger partial charge in [0.05, 0.1) is 32.0 Å². The van der Waals surface area contributed by atoms with Gasteiger partial charge in [0.1, 0.15) is 12.4 Å². The number of nitrogens with zero attached hydrogens (tertiary/aromatic N) is 1. The predicted octanol–water partition coefficient (Wildman–Crippen LogP) is 3.53. The molecule has 38 heavy (non-hydrogen) atoms. The first-order valence-corrected chi connectivity index (χ1v) is 13.8. The van der Waals surface area contributed by atoms with Crippen LogP contribution >= 0.6 is 0 Å². The average molecular weight is 532 g/mol. The van der Waals surface area contributed by atoms with Crippen LogP contribution in [0.2, 0.25) is 0 Å². The van der Waals surface area contributed by atoms with Crippen molar-refractivity contribution in [2.75, 3.05) is 53.2 Å². The summed E-state index contributed by atoms with van der Waals surface area (Å²) < 4.78 is 11.0. The van der Waals surface area contributed by atoms with Gasteiger partial charge >= 0.3 is 0 Å². The molecule has 0 amide bonds. The van der Waals surface area contributed by atoms with Gasteiger partial charge < -0.3 is 29.9 Å². The number of ether oxygens (including phenoxy) is 2. The van der Waals surface area contributed by atoms with Crippen LogP contribution in [0.3, 0.4) is 0 Å². The molecule has 3 unspecified atom stereocenters. The van der Waals surface area contributed by atoms with Crippen LogP contribution in [0.1, 0.15) is 56.2 Å². The standard InChI is InChI=1S/C31H49NO6/c1-24-7-9-26(10-8-24)31(2,3)27-11-13-30(14-12-27)38-23-29(36)21-25(20-28(35)22-37-4)6-5-15-32(16-18-33)17-19-34/h7-14,25,28-29,33-36H,5-6,15-23H2,1-4H3. The number of benzene rings is 2. The Bertz CT molecular complexity index is 880. The van der Waals surface area contributed by atoms with Gasteiger partial charge in [-0.2, -0.15) is 0 Å². The topological polar surface area (TPSA) is 103 Å². The van der Waals surface area contributed by atoms with Gasteiger partial charge in [0.2, 0.25) is 0 Å². The maximum Gasteiger partial charge on any atom is 0.119 e. The lowest BCUT2D eigenvalue weighted by molar-refractivity contribution is 0.0311. The molecule has 0 radical (unpaired) electrons. The molecule has 0 aromatic heterocycles. The van der Waals surface area contributed by atoms with E-state index in [-0.39, 0.29) is 37.8 Å². The highest BCUT2D eigenvalue weighted by Gasteiger charge is 2.23. The Kier molecular flexibility index (Phi) is 14.3. The van der Waals surface area contributed by atoms with Crippen LogP contribution in [0.25, 0.3) is 0 Å². The Balaban J connectivity index is 1.91. The van der Waals surface area contributed by atoms with Crippen molar-refractivity contribution in [3.8, 4) is 5.75 Å². The molecule has 0 fully saturated rings. The Morgan fingerprint density at radius 3 is 1.84 bits per heavy atom. The molecule has 0 aliphatic heterocycles. The summed E-state index contributed by atoms with van der Waals surface area (Å²) >= 11 is 0. The lowest BCUT2D eigenvalue weighted by Gasteiger charge is -2.27. The van der Waals surface area contributed by atoms with Gasteiger partial charge in [0, 0.05) is 25.6 Å². The van der Waals surface area contributed by atoms with Gasteiger partial charge in [-0.25, -0.2) is 0 Å². The number of hydrogen-bond donors (Lipinski definition) is 4. The highest BCUT2D eigenvalue weighted by atomic mass is 16.5. The second-order valence-electron chi connectivity index (χ2n) is 10.9. The second kappa shape index (κ2) is 16.9. The minimum atomic E-state index is -0.663. The largest absolute Gasteiger partial charge is 0.491 e. The molecule has 2 aromatic carbocycles. The van der Waals surface area contributed by atoms with Crippen molar-refractivity contribution < 1.29 is 29.9 Å². The highest BCUT2D eigenvalue weighted by molar-refractivity contribution is 5.40. The summed E-state index contributed by atoms with van der Waals surface area (Å²) in [5, 5.41) is 39.5. The third-order valence-corrected chi connectivity index (χ3v) is 7.28. The molecular formula is C31H49NO6. The molecule has 2 rings (SSSR count). The molecule has 0 aliphatic carbocycles. The monoisotopic (exact) mass is 531 g/mol. The van der Waals surface area contributed by atoms with E-state index in [0.29, 0.717) is 31.7 Å². The number of rotatable bonds is 19. The molecule has 0 spiro atoms. The fourth-order valence-electron chi connectivity index (χ4n) is 4.95. The van der Waals surface area contributed by atoms with Crippen LogP contribution in [0, 0.1) is 12.8 Å². The summed E-state index contributed by atoms with van der Waals surface area (Å²) in [6, 6.07) is 16.7. The lowest BCUT2D eigenvalue weighted by Crippen LogP contribution is -2.31. The van der Waals surface area contributed by atoms with E-state index in [1.165, 1.54) is 16.7 Å². The van der Waals surface area contributed by atoms with Crippen LogP contribution in [-0.2, 0) is 10.2 Å². The van der Waals surface area contributed by atoms with Crippen molar-refractivity contribution in [2.45, 2.75) is 64.1 Å². The van der Waals surface area contributed by atoms with Gasteiger partial charge in [0.15, 0.2) is 0 Å². The highest BCUT2D eigenvalue weighted by Crippen LogP contribution is 2.32. The molecule has 0 bridgehead atoms. The first-order valence-electron chi connectivity index (χ1n) is 13.8. The number of aryl methyl sites for hydroxylation is 1. The van der Waals surface area contributed by atoms with E-state index in [0.717, 1.165) is 19.4 Å². The Morgan fingerprint density at radius 2 is 1.32 bits per heavy atom. The Hall–Kier alpha value is -2.00. The molecule has 214 valence electrons. The minimum absolute atomic E-state index is 0.0520. The SMILES string of the molecule is COCC(O)CC(CCCN(CCO)CCO)CC(O)COc1ccc(C(C)(C)c2ccc(C)cc2)cc1. The fraction of sp³-hybridized carbons (Fsp3) is 0.613. The first kappa shape index (κ1) is 32.2. The number of hydrogen-bond acceptors (Lipinski definition) is 7. The number of aliphatic hydroxyl groups is 4. The summed E-state index contributed by atoms with van der Waals surface area (Å²) in [4.78, 5) is 2.02. The second-order valence-corrected chi connectivity index (χ2v) is 10.9. The molecule has 0 heterocycles. The molecule has 0 aliphatic rings. The van der Waals surface area contributed by atoms with E-state index in [1.807, 2.05) is 17.0 Å². The Morgan fingerprint density at radius 1 is 0.789 bits per heavy atom. The van der Waals surface area contributed by atoms with Gasteiger partial charge in [-0.05, 0) is 68.3 Å². The molecular weight excluding hydrogens is 482 g/mol. The summed E-state index contributed by atoms with van der Waals surface area (Å²) in [5.74, 6) is 0.814. The summed E-state index contributed by atoms with van der Waals surface area (Å²) in [6.45, 7) is 8.85. The van der Waals surface area contributed by atoms with E-state index < -0.39 is 12.2 Å². The zero-order valence-corrected chi connectivity index (χ0v) is 23.7. The minimum Gasteiger partial charge on any atom is -0.491 e. The molecule has 2 aromatic rings. The normalized spacial score (nSPS) is 14.4. The molecule has 0 saturated carbocycles. The van der Waals surface area contributed by atoms with E-state index in [4.69, 9.17) is 9.47 Å². The summed E-state index contributed by atoms with van der Waals surface area (Å²) in [5.41, 5.74) is 3.56. The van der Waals surface area contributed by atoms with Crippen LogP contribution in [-0.4, -0.2) is 90.7 Å². The van der Waals surface area contributed by atoms with Crippen molar-refractivity contribution in [1.82, 2.24) is 4.90 Å².